The fourth-order valence-corrected chi connectivity index (χ4v) is 4.52. The second kappa shape index (κ2) is 4.64. The lowest BCUT2D eigenvalue weighted by molar-refractivity contribution is 0.384. The van der Waals surface area contributed by atoms with Gasteiger partial charge in [0, 0.05) is 33.4 Å². The number of aliphatic imine (C=N–C) groups is 1. The van der Waals surface area contributed by atoms with Crippen LogP contribution >= 0.6 is 15.9 Å². The van der Waals surface area contributed by atoms with Crippen molar-refractivity contribution in [1.82, 2.24) is 0 Å². The molecule has 108 valence electrons. The van der Waals surface area contributed by atoms with E-state index in [1.54, 1.807) is 0 Å². The summed E-state index contributed by atoms with van der Waals surface area (Å²) in [6, 6.07) is 6.42. The van der Waals surface area contributed by atoms with Crippen LogP contribution in [0, 0.1) is 10.8 Å². The number of hydrogen-bond donors (Lipinski definition) is 1. The van der Waals surface area contributed by atoms with Crippen molar-refractivity contribution >= 4 is 27.4 Å². The largest absolute Gasteiger partial charge is 0.304 e. The first-order chi connectivity index (χ1) is 10.1. The van der Waals surface area contributed by atoms with Gasteiger partial charge in [0.1, 0.15) is 0 Å². The number of benzene rings is 1. The van der Waals surface area contributed by atoms with Crippen molar-refractivity contribution in [2.45, 2.75) is 39.0 Å². The Morgan fingerprint density at radius 2 is 2.10 bits per heavy atom. The third kappa shape index (κ3) is 1.97. The Labute approximate surface area is 134 Å². The molecule has 4 rings (SSSR count). The molecular formula is C18H19BrN2. The second-order valence-electron chi connectivity index (χ2n) is 6.65. The molecule has 0 aromatic heterocycles. The molecule has 3 aliphatic rings. The Hall–Kier alpha value is -1.22. The van der Waals surface area contributed by atoms with Crippen molar-refractivity contribution in [3.05, 3.63) is 44.9 Å². The quantitative estimate of drug-likeness (QED) is 0.709. The first-order valence-corrected chi connectivity index (χ1v) is 8.48. The average molecular weight is 343 g/mol. The number of dihydropyridines is 1. The summed E-state index contributed by atoms with van der Waals surface area (Å²) in [4.78, 5) is 4.73. The molecule has 2 aliphatic carbocycles. The number of rotatable bonds is 0. The van der Waals surface area contributed by atoms with Crippen molar-refractivity contribution in [3.63, 3.8) is 0 Å². The van der Waals surface area contributed by atoms with E-state index in [2.05, 4.69) is 41.1 Å². The molecule has 1 N–H and O–H groups in total. The van der Waals surface area contributed by atoms with Crippen LogP contribution in [0.25, 0.3) is 0 Å². The van der Waals surface area contributed by atoms with Crippen molar-refractivity contribution in [2.75, 3.05) is 6.54 Å². The summed E-state index contributed by atoms with van der Waals surface area (Å²) in [5, 5.41) is 8.76. The molecular weight excluding hydrogens is 324 g/mol. The van der Waals surface area contributed by atoms with Gasteiger partial charge in [0.15, 0.2) is 0 Å². The highest BCUT2D eigenvalue weighted by molar-refractivity contribution is 9.10. The fraction of sp³-hybridized carbons (Fsp3) is 0.444. The number of fused-ring (bicyclic) bond motifs is 2. The van der Waals surface area contributed by atoms with Crippen molar-refractivity contribution < 1.29 is 0 Å². The number of halogens is 1. The molecule has 3 heteroatoms. The zero-order valence-corrected chi connectivity index (χ0v) is 13.9. The molecule has 1 unspecified atom stereocenters. The number of nitrogens with zero attached hydrogens (tertiary/aromatic N) is 1. The monoisotopic (exact) mass is 342 g/mol. The molecule has 2 nitrogen and oxygen atoms in total. The molecule has 0 saturated heterocycles. The van der Waals surface area contributed by atoms with Crippen LogP contribution in [-0.4, -0.2) is 18.0 Å². The highest BCUT2D eigenvalue weighted by atomic mass is 79.9. The van der Waals surface area contributed by atoms with Crippen molar-refractivity contribution in [1.29, 1.82) is 5.41 Å². The van der Waals surface area contributed by atoms with E-state index < -0.39 is 0 Å². The summed E-state index contributed by atoms with van der Waals surface area (Å²) in [6.07, 6.45) is 5.26. The van der Waals surface area contributed by atoms with Gasteiger partial charge >= 0.3 is 0 Å². The van der Waals surface area contributed by atoms with E-state index in [9.17, 15) is 0 Å². The Bertz CT molecular complexity index is 714. The van der Waals surface area contributed by atoms with Gasteiger partial charge in [-0.3, -0.25) is 4.99 Å². The normalized spacial score (nSPS) is 27.7. The smallest absolute Gasteiger partial charge is 0.0457 e. The van der Waals surface area contributed by atoms with Crippen LogP contribution in [0.3, 0.4) is 0 Å². The highest BCUT2D eigenvalue weighted by Gasteiger charge is 2.46. The summed E-state index contributed by atoms with van der Waals surface area (Å²) >= 11 is 3.54. The maximum atomic E-state index is 8.76. The van der Waals surface area contributed by atoms with Crippen LogP contribution in [0.15, 0.2) is 38.8 Å². The fourth-order valence-electron chi connectivity index (χ4n) is 4.16. The Morgan fingerprint density at radius 1 is 1.24 bits per heavy atom. The molecule has 1 spiro atoms. The second-order valence-corrected chi connectivity index (χ2v) is 7.56. The Kier molecular flexibility index (Phi) is 2.97. The van der Waals surface area contributed by atoms with E-state index >= 15 is 0 Å². The lowest BCUT2D eigenvalue weighted by atomic mass is 9.67. The van der Waals surface area contributed by atoms with Crippen LogP contribution in [0.2, 0.25) is 0 Å². The molecule has 1 saturated carbocycles. The van der Waals surface area contributed by atoms with Crippen LogP contribution in [-0.2, 0) is 6.42 Å². The summed E-state index contributed by atoms with van der Waals surface area (Å²) in [7, 11) is 0. The van der Waals surface area contributed by atoms with E-state index in [1.807, 2.05) is 0 Å². The van der Waals surface area contributed by atoms with Gasteiger partial charge in [-0.2, -0.15) is 0 Å². The first kappa shape index (κ1) is 13.4. The molecule has 1 fully saturated rings. The molecule has 1 aromatic carbocycles. The number of hydrogen-bond acceptors (Lipinski definition) is 2. The highest BCUT2D eigenvalue weighted by Crippen LogP contribution is 2.49. The zero-order chi connectivity index (χ0) is 14.6. The maximum Gasteiger partial charge on any atom is 0.0457 e. The predicted octanol–water partition coefficient (Wildman–Crippen LogP) is 4.70. The van der Waals surface area contributed by atoms with E-state index in [1.165, 1.54) is 22.4 Å². The summed E-state index contributed by atoms with van der Waals surface area (Å²) in [5.74, 6) is 0. The van der Waals surface area contributed by atoms with Crippen LogP contribution in [0.4, 0.5) is 0 Å². The molecule has 1 atom stereocenters. The predicted molar refractivity (Wildman–Crippen MR) is 90.6 cm³/mol. The number of allylic oxidation sites excluding steroid dienone is 1. The molecule has 1 aliphatic heterocycles. The van der Waals surface area contributed by atoms with Crippen molar-refractivity contribution in [2.24, 2.45) is 10.4 Å². The van der Waals surface area contributed by atoms with Gasteiger partial charge < -0.3 is 5.41 Å². The van der Waals surface area contributed by atoms with Crippen molar-refractivity contribution in [3.8, 4) is 0 Å². The Morgan fingerprint density at radius 3 is 2.95 bits per heavy atom. The van der Waals surface area contributed by atoms with Gasteiger partial charge in [-0.1, -0.05) is 27.6 Å². The molecule has 0 radical (unpaired) electrons. The summed E-state index contributed by atoms with van der Waals surface area (Å²) < 4.78 is 1.08. The minimum Gasteiger partial charge on any atom is -0.304 e. The Balaban J connectivity index is 1.75. The maximum absolute atomic E-state index is 8.76. The average Bonchev–Trinajstić information content (AvgIpc) is 2.73. The lowest BCUT2D eigenvalue weighted by Crippen LogP contribution is -2.36. The van der Waals surface area contributed by atoms with Crippen LogP contribution in [0.1, 0.15) is 43.7 Å². The first-order valence-electron chi connectivity index (χ1n) is 7.69. The third-order valence-corrected chi connectivity index (χ3v) is 5.90. The van der Waals surface area contributed by atoms with Gasteiger partial charge in [-0.15, -0.1) is 0 Å². The van der Waals surface area contributed by atoms with Gasteiger partial charge in [0.05, 0.1) is 0 Å². The summed E-state index contributed by atoms with van der Waals surface area (Å²) in [5.41, 5.74) is 7.67. The van der Waals surface area contributed by atoms with Gasteiger partial charge in [0.2, 0.25) is 0 Å². The van der Waals surface area contributed by atoms with E-state index in [0.717, 1.165) is 54.4 Å². The molecule has 21 heavy (non-hydrogen) atoms. The minimum absolute atomic E-state index is 0.0239. The molecule has 0 amide bonds. The van der Waals surface area contributed by atoms with Gasteiger partial charge in [-0.05, 0) is 62.3 Å². The zero-order valence-electron chi connectivity index (χ0n) is 12.3. The van der Waals surface area contributed by atoms with Gasteiger partial charge in [-0.25, -0.2) is 0 Å². The van der Waals surface area contributed by atoms with Crippen LogP contribution < -0.4 is 0 Å². The SMILES string of the molecule is CC1=C2CC3(CCC2=NCC1)Cc1ccc(Br)cc1C3=N. The molecule has 1 aromatic rings. The minimum atomic E-state index is 0.0239. The van der Waals surface area contributed by atoms with Gasteiger partial charge in [0.25, 0.3) is 0 Å². The molecule has 1 heterocycles. The standard InChI is InChI=1S/C18H19BrN2/c1-11-5-7-21-16-4-6-18(10-15(11)16)9-12-2-3-13(19)8-14(12)17(18)20/h2-3,8,20H,4-7,9-10H2,1H3. The van der Waals surface area contributed by atoms with E-state index in [0.29, 0.717) is 0 Å². The number of nitrogens with one attached hydrogen (secondary N) is 1. The van der Waals surface area contributed by atoms with E-state index in [4.69, 9.17) is 10.4 Å². The lowest BCUT2D eigenvalue weighted by Gasteiger charge is -2.38. The topological polar surface area (TPSA) is 36.2 Å². The summed E-state index contributed by atoms with van der Waals surface area (Å²) in [6.45, 7) is 3.22. The molecule has 0 bridgehead atoms. The van der Waals surface area contributed by atoms with Crippen LogP contribution in [0.5, 0.6) is 0 Å². The van der Waals surface area contributed by atoms with E-state index in [-0.39, 0.29) is 5.41 Å². The third-order valence-electron chi connectivity index (χ3n) is 5.41.